The van der Waals surface area contributed by atoms with E-state index in [-0.39, 0.29) is 11.7 Å². The van der Waals surface area contributed by atoms with Crippen molar-refractivity contribution in [3.05, 3.63) is 52.9 Å². The first-order valence-corrected chi connectivity index (χ1v) is 11.1. The van der Waals surface area contributed by atoms with Gasteiger partial charge in [-0.15, -0.1) is 0 Å². The maximum absolute atomic E-state index is 13.2. The molecule has 0 aliphatic carbocycles. The Balaban J connectivity index is 1.56. The lowest BCUT2D eigenvalue weighted by Gasteiger charge is -2.20. The van der Waals surface area contributed by atoms with Crippen molar-refractivity contribution >= 4 is 22.3 Å². The van der Waals surface area contributed by atoms with Gasteiger partial charge in [0.15, 0.2) is 22.9 Å². The molecule has 0 radical (unpaired) electrons. The number of anilines is 1. The molecule has 0 bridgehead atoms. The highest BCUT2D eigenvalue weighted by Crippen LogP contribution is 2.36. The monoisotopic (exact) mass is 443 g/mol. The number of aliphatic hydroxyl groups excluding tert-OH is 1. The molecule has 31 heavy (non-hydrogen) atoms. The van der Waals surface area contributed by atoms with Gasteiger partial charge in [0.25, 0.3) is 0 Å². The molecule has 3 aromatic heterocycles. The summed E-state index contributed by atoms with van der Waals surface area (Å²) in [5.74, 6) is 0.469. The highest BCUT2D eigenvalue weighted by Gasteiger charge is 2.29. The van der Waals surface area contributed by atoms with E-state index in [4.69, 9.17) is 13.9 Å². The number of rotatable bonds is 9. The fraction of sp³-hybridized carbons (Fsp3) is 0.409. The van der Waals surface area contributed by atoms with Crippen LogP contribution in [0.2, 0.25) is 0 Å². The standard InChI is InChI=1S/C22H25N3O5S/c1-2-28-13-16-12-15(5-8-23-16)21(27)25-22-24-18(17-4-3-9-30-17)20(31-22)19(26)14-6-10-29-11-7-14/h3-5,8-9,12,14,21,27H,2,6-7,10-11,13H2,1H3,(H,24,25). The number of furan rings is 1. The zero-order valence-corrected chi connectivity index (χ0v) is 18.1. The predicted molar refractivity (Wildman–Crippen MR) is 116 cm³/mol. The smallest absolute Gasteiger partial charge is 0.186 e. The van der Waals surface area contributed by atoms with Crippen molar-refractivity contribution in [2.45, 2.75) is 32.6 Å². The van der Waals surface area contributed by atoms with Crippen LogP contribution in [-0.2, 0) is 16.1 Å². The number of ether oxygens (including phenoxy) is 2. The molecule has 4 rings (SSSR count). The molecule has 9 heteroatoms. The molecule has 0 spiro atoms. The number of nitrogens with one attached hydrogen (secondary N) is 1. The van der Waals surface area contributed by atoms with Crippen LogP contribution in [0.5, 0.6) is 0 Å². The number of hydrogen-bond acceptors (Lipinski definition) is 9. The Bertz CT molecular complexity index is 999. The average molecular weight is 444 g/mol. The topological polar surface area (TPSA) is 107 Å². The van der Waals surface area contributed by atoms with Gasteiger partial charge >= 0.3 is 0 Å². The van der Waals surface area contributed by atoms with Crippen LogP contribution in [-0.4, -0.2) is 40.7 Å². The molecule has 1 aliphatic rings. The first kappa shape index (κ1) is 21.6. The van der Waals surface area contributed by atoms with E-state index in [1.54, 1.807) is 36.7 Å². The SMILES string of the molecule is CCOCc1cc(C(O)Nc2nc(-c3ccco3)c(C(=O)C3CCOCC3)s2)ccn1. The van der Waals surface area contributed by atoms with Gasteiger partial charge in [0.1, 0.15) is 10.6 Å². The number of thiazole rings is 1. The van der Waals surface area contributed by atoms with Crippen molar-refractivity contribution in [1.82, 2.24) is 9.97 Å². The normalized spacial score (nSPS) is 15.7. The zero-order chi connectivity index (χ0) is 21.6. The number of aliphatic hydroxyl groups is 1. The number of pyridine rings is 1. The van der Waals surface area contributed by atoms with Crippen molar-refractivity contribution in [3.8, 4) is 11.5 Å². The Kier molecular flexibility index (Phi) is 7.08. The molecule has 2 N–H and O–H groups in total. The van der Waals surface area contributed by atoms with E-state index in [2.05, 4.69) is 15.3 Å². The molecule has 8 nitrogen and oxygen atoms in total. The highest BCUT2D eigenvalue weighted by atomic mass is 32.1. The van der Waals surface area contributed by atoms with E-state index in [1.165, 1.54) is 11.3 Å². The maximum Gasteiger partial charge on any atom is 0.186 e. The van der Waals surface area contributed by atoms with Crippen LogP contribution in [0.4, 0.5) is 5.13 Å². The van der Waals surface area contributed by atoms with Crippen molar-refractivity contribution < 1.29 is 23.8 Å². The molecule has 1 atom stereocenters. The quantitative estimate of drug-likeness (QED) is 0.377. The first-order valence-electron chi connectivity index (χ1n) is 10.3. The fourth-order valence-corrected chi connectivity index (χ4v) is 4.44. The molecule has 4 heterocycles. The summed E-state index contributed by atoms with van der Waals surface area (Å²) in [6.45, 7) is 4.05. The Morgan fingerprint density at radius 2 is 2.23 bits per heavy atom. The average Bonchev–Trinajstić information content (AvgIpc) is 3.48. The summed E-state index contributed by atoms with van der Waals surface area (Å²) in [6.07, 6.45) is 3.56. The summed E-state index contributed by atoms with van der Waals surface area (Å²) < 4.78 is 16.3. The van der Waals surface area contributed by atoms with E-state index in [1.807, 2.05) is 6.92 Å². The van der Waals surface area contributed by atoms with Gasteiger partial charge < -0.3 is 24.3 Å². The lowest BCUT2D eigenvalue weighted by molar-refractivity contribution is 0.0547. The maximum atomic E-state index is 13.2. The molecule has 1 fully saturated rings. The Morgan fingerprint density at radius 1 is 1.39 bits per heavy atom. The van der Waals surface area contributed by atoms with Gasteiger partial charge in [0.05, 0.1) is 18.6 Å². The number of carbonyl (C=O) groups excluding carboxylic acids is 1. The number of carbonyl (C=O) groups is 1. The van der Waals surface area contributed by atoms with E-state index in [0.717, 1.165) is 5.69 Å². The van der Waals surface area contributed by atoms with Crippen molar-refractivity contribution in [1.29, 1.82) is 0 Å². The summed E-state index contributed by atoms with van der Waals surface area (Å²) >= 11 is 1.23. The van der Waals surface area contributed by atoms with Crippen LogP contribution < -0.4 is 5.32 Å². The first-order chi connectivity index (χ1) is 15.2. The summed E-state index contributed by atoms with van der Waals surface area (Å²) in [6, 6.07) is 7.04. The minimum absolute atomic E-state index is 0.0395. The van der Waals surface area contributed by atoms with Gasteiger partial charge in [-0.1, -0.05) is 11.3 Å². The van der Waals surface area contributed by atoms with Gasteiger partial charge in [-0.3, -0.25) is 9.78 Å². The van der Waals surface area contributed by atoms with Crippen LogP contribution in [0.15, 0.2) is 41.1 Å². The summed E-state index contributed by atoms with van der Waals surface area (Å²) in [4.78, 5) is 22.5. The Morgan fingerprint density at radius 3 is 2.97 bits per heavy atom. The second-order valence-electron chi connectivity index (χ2n) is 7.19. The minimum atomic E-state index is -1.01. The number of aromatic nitrogens is 2. The number of ketones is 1. The summed E-state index contributed by atoms with van der Waals surface area (Å²) in [5, 5.41) is 14.1. The summed E-state index contributed by atoms with van der Waals surface area (Å²) in [7, 11) is 0. The second kappa shape index (κ2) is 10.1. The lowest BCUT2D eigenvalue weighted by Crippen LogP contribution is -2.23. The molecular weight excluding hydrogens is 418 g/mol. The lowest BCUT2D eigenvalue weighted by atomic mass is 9.94. The van der Waals surface area contributed by atoms with Gasteiger partial charge in [0, 0.05) is 37.5 Å². The minimum Gasteiger partial charge on any atom is -0.463 e. The van der Waals surface area contributed by atoms with Crippen LogP contribution in [0.3, 0.4) is 0 Å². The van der Waals surface area contributed by atoms with Crippen molar-refractivity contribution in [2.24, 2.45) is 5.92 Å². The number of nitrogens with zero attached hydrogens (tertiary/aromatic N) is 2. The van der Waals surface area contributed by atoms with Crippen molar-refractivity contribution in [3.63, 3.8) is 0 Å². The van der Waals surface area contributed by atoms with Crippen LogP contribution in [0.25, 0.3) is 11.5 Å². The Hall–Kier alpha value is -2.59. The molecule has 0 aromatic carbocycles. The highest BCUT2D eigenvalue weighted by molar-refractivity contribution is 7.18. The van der Waals surface area contributed by atoms with E-state index in [0.29, 0.717) is 66.3 Å². The third-order valence-corrected chi connectivity index (χ3v) is 6.07. The van der Waals surface area contributed by atoms with Gasteiger partial charge in [-0.05, 0) is 44.0 Å². The molecule has 0 amide bonds. The zero-order valence-electron chi connectivity index (χ0n) is 17.2. The molecule has 3 aromatic rings. The fourth-order valence-electron chi connectivity index (χ4n) is 3.43. The van der Waals surface area contributed by atoms with Gasteiger partial charge in [0.2, 0.25) is 0 Å². The predicted octanol–water partition coefficient (Wildman–Crippen LogP) is 4.05. The van der Waals surface area contributed by atoms with E-state index < -0.39 is 6.23 Å². The van der Waals surface area contributed by atoms with Crippen molar-refractivity contribution in [2.75, 3.05) is 25.1 Å². The molecule has 164 valence electrons. The van der Waals surface area contributed by atoms with Gasteiger partial charge in [-0.2, -0.15) is 0 Å². The molecule has 1 saturated heterocycles. The largest absolute Gasteiger partial charge is 0.463 e. The van der Waals surface area contributed by atoms with Crippen LogP contribution in [0, 0.1) is 5.92 Å². The van der Waals surface area contributed by atoms with E-state index >= 15 is 0 Å². The Labute approximate surface area is 184 Å². The molecule has 1 unspecified atom stereocenters. The number of Topliss-reactive ketones (excluding diaryl/α,β-unsaturated/α-hetero) is 1. The van der Waals surface area contributed by atoms with Crippen LogP contribution >= 0.6 is 11.3 Å². The van der Waals surface area contributed by atoms with E-state index in [9.17, 15) is 9.90 Å². The molecule has 1 aliphatic heterocycles. The van der Waals surface area contributed by atoms with Crippen LogP contribution in [0.1, 0.15) is 46.9 Å². The van der Waals surface area contributed by atoms with Gasteiger partial charge in [-0.25, -0.2) is 4.98 Å². The number of hydrogen-bond donors (Lipinski definition) is 2. The second-order valence-corrected chi connectivity index (χ2v) is 8.19. The summed E-state index contributed by atoms with van der Waals surface area (Å²) in [5.41, 5.74) is 1.86. The third kappa shape index (κ3) is 5.19. The molecular formula is C22H25N3O5S. The molecule has 0 saturated carbocycles. The third-order valence-electron chi connectivity index (χ3n) is 5.07.